The van der Waals surface area contributed by atoms with Crippen molar-refractivity contribution in [2.24, 2.45) is 0 Å². The van der Waals surface area contributed by atoms with Gasteiger partial charge in [0.2, 0.25) is 0 Å². The molecule has 0 radical (unpaired) electrons. The van der Waals surface area contributed by atoms with E-state index in [1.165, 1.54) is 34.2 Å². The van der Waals surface area contributed by atoms with Crippen molar-refractivity contribution in [3.8, 4) is 28.7 Å². The van der Waals surface area contributed by atoms with Gasteiger partial charge in [-0.2, -0.15) is 5.26 Å². The molecule has 7 rings (SSSR count). The van der Waals surface area contributed by atoms with E-state index in [9.17, 15) is 5.26 Å². The van der Waals surface area contributed by atoms with E-state index in [4.69, 9.17) is 14.6 Å². The fourth-order valence-corrected chi connectivity index (χ4v) is 6.17. The maximum absolute atomic E-state index is 9.30. The number of ether oxygens (including phenoxy) is 2. The second-order valence-electron chi connectivity index (χ2n) is 11.3. The summed E-state index contributed by atoms with van der Waals surface area (Å²) in [7, 11) is 1.00. The van der Waals surface area contributed by atoms with Crippen LogP contribution in [-0.2, 0) is 32.6 Å². The van der Waals surface area contributed by atoms with E-state index in [0.717, 1.165) is 85.2 Å². The van der Waals surface area contributed by atoms with E-state index in [2.05, 4.69) is 69.2 Å². The van der Waals surface area contributed by atoms with Crippen LogP contribution in [0.4, 0.5) is 0 Å². The fourth-order valence-electron chi connectivity index (χ4n) is 6.17. The van der Waals surface area contributed by atoms with Crippen molar-refractivity contribution in [3.05, 3.63) is 106 Å². The van der Waals surface area contributed by atoms with Crippen LogP contribution in [0.1, 0.15) is 51.8 Å². The first-order valence-electron chi connectivity index (χ1n) is 15.1. The number of hydrogen-bond acceptors (Lipinski definition) is 7. The Bertz CT molecular complexity index is 1820. The highest BCUT2D eigenvalue weighted by Crippen LogP contribution is 2.41. The molecule has 3 aromatic heterocycles. The van der Waals surface area contributed by atoms with E-state index < -0.39 is 0 Å². The normalized spacial score (nSPS) is 13.9. The van der Waals surface area contributed by atoms with E-state index >= 15 is 0 Å². The number of fused-ring (bicyclic) bond motifs is 2. The van der Waals surface area contributed by atoms with Gasteiger partial charge in [-0.05, 0) is 91.7 Å². The Morgan fingerprint density at radius 3 is 2.61 bits per heavy atom. The van der Waals surface area contributed by atoms with Crippen LogP contribution >= 0.6 is 0 Å². The zero-order valence-electron chi connectivity index (χ0n) is 25.3. The van der Waals surface area contributed by atoms with Gasteiger partial charge in [0.05, 0.1) is 5.56 Å². The van der Waals surface area contributed by atoms with Crippen LogP contribution in [0.15, 0.2) is 67.3 Å². The van der Waals surface area contributed by atoms with E-state index in [1.54, 1.807) is 12.4 Å². The van der Waals surface area contributed by atoms with E-state index in [-0.39, 0.29) is 0 Å². The molecule has 8 nitrogen and oxygen atoms in total. The summed E-state index contributed by atoms with van der Waals surface area (Å²) in [6, 6.07) is 16.7. The molecule has 44 heavy (non-hydrogen) atoms. The molecule has 0 spiro atoms. The number of aromatic nitrogens is 3. The Morgan fingerprint density at radius 1 is 0.955 bits per heavy atom. The number of nitriles is 1. The molecule has 1 aliphatic heterocycles. The highest BCUT2D eigenvalue weighted by molar-refractivity contribution is 5.82. The standard InChI is InChI=1S/C35H33N5O2.CH4O/c1-23-27(5-2-6-29(23)28-14-26-9-10-38-35(26)39-19-28)22-42-33-15-34(41-21-25-13-24(16-36)17-37-18-25)32(20-40-11-4-12-40)30-7-3-8-31(30)33;1-2/h2,5-6,9-10,13-15,17-19H,3-4,7-8,11-12,20-22H2,1H3,(H,38,39);2H,1H3. The van der Waals surface area contributed by atoms with Crippen molar-refractivity contribution in [2.75, 3.05) is 20.2 Å². The molecule has 2 aromatic carbocycles. The molecule has 5 aromatic rings. The zero-order valence-corrected chi connectivity index (χ0v) is 25.3. The average Bonchev–Trinajstić information content (AvgIpc) is 3.73. The maximum Gasteiger partial charge on any atom is 0.137 e. The van der Waals surface area contributed by atoms with E-state index in [1.807, 2.05) is 18.5 Å². The molecule has 2 N–H and O–H groups in total. The molecule has 1 fully saturated rings. The smallest absolute Gasteiger partial charge is 0.137 e. The lowest BCUT2D eigenvalue weighted by atomic mass is 9.97. The third-order valence-corrected chi connectivity index (χ3v) is 8.63. The molecule has 8 heteroatoms. The summed E-state index contributed by atoms with van der Waals surface area (Å²) in [5.41, 5.74) is 10.9. The summed E-state index contributed by atoms with van der Waals surface area (Å²) in [4.78, 5) is 14.5. The van der Waals surface area contributed by atoms with Crippen LogP contribution in [-0.4, -0.2) is 45.2 Å². The second kappa shape index (κ2) is 13.3. The lowest BCUT2D eigenvalue weighted by Crippen LogP contribution is -2.36. The van der Waals surface area contributed by atoms with Crippen molar-refractivity contribution in [3.63, 3.8) is 0 Å². The number of rotatable bonds is 9. The minimum Gasteiger partial charge on any atom is -0.488 e. The van der Waals surface area contributed by atoms with Gasteiger partial charge in [-0.3, -0.25) is 9.88 Å². The minimum absolute atomic E-state index is 0.356. The highest BCUT2D eigenvalue weighted by atomic mass is 16.5. The summed E-state index contributed by atoms with van der Waals surface area (Å²) in [5.74, 6) is 1.78. The number of pyridine rings is 2. The SMILES string of the molecule is CO.Cc1c(COc2cc(OCc3cncc(C#N)c3)c(CN3CCC3)c3c2CCC3)cccc1-c1cnc2[nH]ccc2c1. The summed E-state index contributed by atoms with van der Waals surface area (Å²) >= 11 is 0. The quantitative estimate of drug-likeness (QED) is 0.209. The van der Waals surface area contributed by atoms with Gasteiger partial charge in [0, 0.05) is 66.6 Å². The Morgan fingerprint density at radius 2 is 1.80 bits per heavy atom. The van der Waals surface area contributed by atoms with Gasteiger partial charge in [0.25, 0.3) is 0 Å². The van der Waals surface area contributed by atoms with Gasteiger partial charge in [-0.15, -0.1) is 0 Å². The van der Waals surface area contributed by atoms with Gasteiger partial charge >= 0.3 is 0 Å². The van der Waals surface area contributed by atoms with Crippen LogP contribution in [0.5, 0.6) is 11.5 Å². The molecule has 1 aliphatic carbocycles. The van der Waals surface area contributed by atoms with Gasteiger partial charge in [-0.25, -0.2) is 4.98 Å². The number of benzene rings is 2. The summed E-state index contributed by atoms with van der Waals surface area (Å²) in [6.45, 7) is 6.15. The number of hydrogen-bond donors (Lipinski definition) is 2. The number of aliphatic hydroxyl groups excluding tert-OH is 1. The number of aliphatic hydroxyl groups is 1. The lowest BCUT2D eigenvalue weighted by molar-refractivity contribution is 0.168. The first kappa shape index (κ1) is 29.4. The number of aromatic amines is 1. The first-order valence-corrected chi connectivity index (χ1v) is 15.1. The summed E-state index contributed by atoms with van der Waals surface area (Å²) < 4.78 is 13.1. The molecule has 0 bridgehead atoms. The van der Waals surface area contributed by atoms with E-state index in [0.29, 0.717) is 18.8 Å². The largest absolute Gasteiger partial charge is 0.488 e. The van der Waals surface area contributed by atoms with Crippen molar-refractivity contribution < 1.29 is 14.6 Å². The van der Waals surface area contributed by atoms with Crippen LogP contribution in [0.25, 0.3) is 22.2 Å². The molecular weight excluding hydrogens is 550 g/mol. The maximum atomic E-state index is 9.30. The number of nitrogens with zero attached hydrogens (tertiary/aromatic N) is 4. The molecule has 0 saturated carbocycles. The van der Waals surface area contributed by atoms with Gasteiger partial charge < -0.3 is 19.6 Å². The molecule has 0 unspecified atom stereocenters. The molecular formula is C36H37N5O3. The van der Waals surface area contributed by atoms with Crippen molar-refractivity contribution in [2.45, 2.75) is 52.4 Å². The van der Waals surface area contributed by atoms with Crippen molar-refractivity contribution in [1.82, 2.24) is 19.9 Å². The molecule has 1 saturated heterocycles. The van der Waals surface area contributed by atoms with Gasteiger partial charge in [-0.1, -0.05) is 18.2 Å². The molecule has 0 atom stereocenters. The van der Waals surface area contributed by atoms with Crippen LogP contribution in [0, 0.1) is 18.3 Å². The van der Waals surface area contributed by atoms with Crippen molar-refractivity contribution in [1.29, 1.82) is 5.26 Å². The fraction of sp³-hybridized carbons (Fsp3) is 0.306. The number of H-pyrrole nitrogens is 1. The van der Waals surface area contributed by atoms with Crippen LogP contribution in [0.3, 0.4) is 0 Å². The Hall–Kier alpha value is -4.71. The Labute approximate surface area is 257 Å². The third-order valence-electron chi connectivity index (χ3n) is 8.63. The molecule has 4 heterocycles. The Kier molecular flexibility index (Phi) is 8.87. The highest BCUT2D eigenvalue weighted by Gasteiger charge is 2.27. The predicted molar refractivity (Wildman–Crippen MR) is 170 cm³/mol. The topological polar surface area (TPSA) is 107 Å². The molecule has 224 valence electrons. The first-order chi connectivity index (χ1) is 21.7. The minimum atomic E-state index is 0.356. The summed E-state index contributed by atoms with van der Waals surface area (Å²) in [6.07, 6.45) is 11.6. The molecule has 2 aliphatic rings. The monoisotopic (exact) mass is 587 g/mol. The summed E-state index contributed by atoms with van der Waals surface area (Å²) in [5, 5.41) is 17.4. The average molecular weight is 588 g/mol. The lowest BCUT2D eigenvalue weighted by Gasteiger charge is -2.32. The second-order valence-corrected chi connectivity index (χ2v) is 11.3. The van der Waals surface area contributed by atoms with Crippen LogP contribution < -0.4 is 9.47 Å². The third kappa shape index (κ3) is 6.02. The van der Waals surface area contributed by atoms with Gasteiger partial charge in [0.1, 0.15) is 36.4 Å². The zero-order chi connectivity index (χ0) is 30.5. The Balaban J connectivity index is 0.00000168. The van der Waals surface area contributed by atoms with Crippen LogP contribution in [0.2, 0.25) is 0 Å². The van der Waals surface area contributed by atoms with Crippen molar-refractivity contribution >= 4 is 11.0 Å². The number of likely N-dealkylation sites (tertiary alicyclic amines) is 1. The predicted octanol–water partition coefficient (Wildman–Crippen LogP) is 6.27. The number of nitrogens with one attached hydrogen (secondary N) is 1. The van der Waals surface area contributed by atoms with Gasteiger partial charge in [0.15, 0.2) is 0 Å². The molecule has 0 amide bonds.